The van der Waals surface area contributed by atoms with Gasteiger partial charge in [0.25, 0.3) is 0 Å². The molecule has 3 heterocycles. The summed E-state index contributed by atoms with van der Waals surface area (Å²) in [5.41, 5.74) is 34.0. The fourth-order valence-corrected chi connectivity index (χ4v) is 14.8. The molecule has 0 aliphatic heterocycles. The van der Waals surface area contributed by atoms with Crippen LogP contribution in [0.25, 0.3) is 94.2 Å². The summed E-state index contributed by atoms with van der Waals surface area (Å²) in [6.07, 6.45) is 6.77. The first-order valence-electron chi connectivity index (χ1n) is 25.3. The fraction of sp³-hybridized carbons (Fsp3) is 0.391. The summed E-state index contributed by atoms with van der Waals surface area (Å²) >= 11 is 0. The van der Waals surface area contributed by atoms with E-state index in [-0.39, 0.29) is 34.5 Å². The van der Waals surface area contributed by atoms with E-state index in [2.05, 4.69) is 156 Å². The second-order valence-corrected chi connectivity index (χ2v) is 22.4. The number of allylic oxidation sites excluding steroid dienone is 5. The van der Waals surface area contributed by atoms with Crippen LogP contribution in [0.1, 0.15) is 193 Å². The van der Waals surface area contributed by atoms with Gasteiger partial charge in [-0.25, -0.2) is 4.98 Å². The number of fused-ring (bicyclic) bond motifs is 15. The Hall–Kier alpha value is -5.16. The Bertz CT molecular complexity index is 3920. The van der Waals surface area contributed by atoms with Gasteiger partial charge in [0, 0.05) is 85.9 Å². The Morgan fingerprint density at radius 3 is 1.69 bits per heavy atom. The minimum atomic E-state index is 0. The molecule has 4 heteroatoms. The van der Waals surface area contributed by atoms with Crippen LogP contribution < -0.4 is 15.7 Å². The maximum absolute atomic E-state index is 6.17. The maximum Gasteiger partial charge on any atom is 0.0968 e. The van der Waals surface area contributed by atoms with Crippen LogP contribution >= 0.6 is 0 Å². The Balaban J connectivity index is 0.00000507. The Morgan fingerprint density at radius 2 is 0.985 bits per heavy atom. The number of hydrogen-bond acceptors (Lipinski definition) is 3. The number of aryl methyl sites for hydroxylation is 4. The van der Waals surface area contributed by atoms with Crippen LogP contribution in [0.15, 0.2) is 40.8 Å². The molecule has 0 saturated heterocycles. The van der Waals surface area contributed by atoms with Crippen molar-refractivity contribution >= 4 is 71.6 Å². The summed E-state index contributed by atoms with van der Waals surface area (Å²) in [5.74, 6) is 1.76. The molecule has 5 aliphatic carbocycles. The second kappa shape index (κ2) is 14.7. The molecule has 6 atom stereocenters. The van der Waals surface area contributed by atoms with E-state index in [4.69, 9.17) is 15.0 Å². The molecule has 0 fully saturated rings. The minimum Gasteiger partial charge on any atom is -0.256 e. The van der Waals surface area contributed by atoms with Crippen molar-refractivity contribution in [1.29, 1.82) is 0 Å². The number of nitrogens with zero attached hydrogens (tertiary/aromatic N) is 3. The zero-order valence-corrected chi connectivity index (χ0v) is 45.0. The van der Waals surface area contributed by atoms with Gasteiger partial charge in [0.1, 0.15) is 0 Å². The first-order chi connectivity index (χ1) is 31.7. The number of hydrogen-bond donors (Lipinski definition) is 0. The second-order valence-electron chi connectivity index (χ2n) is 22.4. The molecule has 0 amide bonds. The van der Waals surface area contributed by atoms with E-state index in [0.29, 0.717) is 17.8 Å². The predicted molar refractivity (Wildman–Crippen MR) is 288 cm³/mol. The summed E-state index contributed by atoms with van der Waals surface area (Å²) < 4.78 is 0. The molecule has 0 bridgehead atoms. The summed E-state index contributed by atoms with van der Waals surface area (Å²) in [5, 5.41) is 13.6. The molecule has 7 aromatic rings. The van der Waals surface area contributed by atoms with E-state index < -0.39 is 0 Å². The summed E-state index contributed by atoms with van der Waals surface area (Å²) in [7, 11) is 0. The standard InChI is InChI=1S/C64H67N3.Co/c1-24-20-43-22-65-63-55(50(43)31(8)25(24)2)39(16)40(17)57-54-36(13)29(6)33(10)48-42(19)49-41(18)47-32(9)28(5)35(12)53-51-37(14)38(15)56-52-34(11)27(4)26(3)30(7)46(52)23-66-61(56)45(51)21-44(58(47)53)59(49)62(60(48)54)67-64(57)63;/h20-23,25,30,33-34,38,40H,1-19H3;/t25-,30-,33-,34+,38-,40-;/m1./s1. The predicted octanol–water partition coefficient (Wildman–Crippen LogP) is 15.3. The smallest absolute Gasteiger partial charge is 0.0968 e. The van der Waals surface area contributed by atoms with E-state index in [1.54, 1.807) is 0 Å². The van der Waals surface area contributed by atoms with Crippen LogP contribution in [0.5, 0.6) is 0 Å². The van der Waals surface area contributed by atoms with E-state index in [9.17, 15) is 0 Å². The van der Waals surface area contributed by atoms with E-state index >= 15 is 0 Å². The first kappa shape index (κ1) is 45.3. The van der Waals surface area contributed by atoms with Gasteiger partial charge in [-0.3, -0.25) is 9.97 Å². The van der Waals surface area contributed by atoms with Crippen LogP contribution in [0.3, 0.4) is 0 Å². The zero-order chi connectivity index (χ0) is 47.6. The maximum atomic E-state index is 6.17. The van der Waals surface area contributed by atoms with Crippen molar-refractivity contribution in [3.8, 4) is 22.6 Å². The Labute approximate surface area is 413 Å². The van der Waals surface area contributed by atoms with Crippen LogP contribution in [0.2, 0.25) is 0 Å². The third kappa shape index (κ3) is 5.19. The molecule has 347 valence electrons. The molecule has 3 aromatic heterocycles. The van der Waals surface area contributed by atoms with Crippen molar-refractivity contribution in [1.82, 2.24) is 15.0 Å². The summed E-state index contributed by atoms with van der Waals surface area (Å²) in [6, 6.07) is 2.60. The van der Waals surface area contributed by atoms with Gasteiger partial charge < -0.3 is 0 Å². The zero-order valence-electron chi connectivity index (χ0n) is 43.9. The number of rotatable bonds is 0. The summed E-state index contributed by atoms with van der Waals surface area (Å²) in [6.45, 7) is 45.4. The molecule has 12 rings (SSSR count). The molecule has 3 nitrogen and oxygen atoms in total. The van der Waals surface area contributed by atoms with Gasteiger partial charge in [-0.05, 0) is 206 Å². The fourth-order valence-electron chi connectivity index (χ4n) is 14.8. The SMILES string of the molecule is CC1=Cc2cnc3c(c2=C(C)[C@@H]1C)=C(C)[C@@H](C)c1c-3nc2c3c1C(C)=C(C)[C@@H](C)c3c(C)c1c(C)c3c(C)c(C)c(C)c4c5c(cc(c34)c12)-c1ncc2c(c1[C@H](C)C=5C)[C@@H](C)C(C)=C(C)[C@H]2C.[Co]. The van der Waals surface area contributed by atoms with Crippen molar-refractivity contribution in [3.05, 3.63) is 123 Å². The molecule has 68 heavy (non-hydrogen) atoms. The van der Waals surface area contributed by atoms with Crippen LogP contribution in [0, 0.1) is 40.5 Å². The van der Waals surface area contributed by atoms with Gasteiger partial charge in [-0.2, -0.15) is 0 Å². The molecule has 4 aromatic carbocycles. The van der Waals surface area contributed by atoms with E-state index in [1.165, 1.54) is 176 Å². The first-order valence-corrected chi connectivity index (χ1v) is 25.3. The average molecular weight is 937 g/mol. The van der Waals surface area contributed by atoms with Gasteiger partial charge in [-0.15, -0.1) is 0 Å². The molecular weight excluding hydrogens is 870 g/mol. The van der Waals surface area contributed by atoms with Crippen molar-refractivity contribution in [2.24, 2.45) is 5.92 Å². The topological polar surface area (TPSA) is 38.7 Å². The monoisotopic (exact) mass is 936 g/mol. The normalized spacial score (nSPS) is 22.7. The Kier molecular flexibility index (Phi) is 9.78. The van der Waals surface area contributed by atoms with Gasteiger partial charge in [-0.1, -0.05) is 86.6 Å². The van der Waals surface area contributed by atoms with Gasteiger partial charge in [0.05, 0.1) is 22.6 Å². The molecule has 1 radical (unpaired) electrons. The largest absolute Gasteiger partial charge is 0.256 e. The molecular formula is C64H67CoN3. The van der Waals surface area contributed by atoms with Crippen molar-refractivity contribution in [3.63, 3.8) is 0 Å². The van der Waals surface area contributed by atoms with Crippen molar-refractivity contribution < 1.29 is 16.8 Å². The molecule has 0 unspecified atom stereocenters. The molecule has 0 saturated carbocycles. The number of benzene rings is 4. The third-order valence-corrected chi connectivity index (χ3v) is 20.0. The quantitative estimate of drug-likeness (QED) is 0.0864. The van der Waals surface area contributed by atoms with Gasteiger partial charge >= 0.3 is 0 Å². The third-order valence-electron chi connectivity index (χ3n) is 20.0. The average Bonchev–Trinajstić information content (AvgIpc) is 3.31. The van der Waals surface area contributed by atoms with Crippen LogP contribution in [0.4, 0.5) is 0 Å². The molecule has 5 aliphatic rings. The van der Waals surface area contributed by atoms with Gasteiger partial charge in [0.2, 0.25) is 0 Å². The van der Waals surface area contributed by atoms with Gasteiger partial charge in [0.15, 0.2) is 0 Å². The number of aromatic nitrogens is 3. The molecule has 0 N–H and O–H groups in total. The van der Waals surface area contributed by atoms with E-state index in [0.717, 1.165) is 16.9 Å². The van der Waals surface area contributed by atoms with Crippen LogP contribution in [-0.4, -0.2) is 15.0 Å². The minimum absolute atomic E-state index is 0. The van der Waals surface area contributed by atoms with Crippen molar-refractivity contribution in [2.75, 3.05) is 0 Å². The van der Waals surface area contributed by atoms with Crippen LogP contribution in [-0.2, 0) is 16.8 Å². The molecule has 0 spiro atoms. The Morgan fingerprint density at radius 1 is 0.412 bits per heavy atom. The van der Waals surface area contributed by atoms with E-state index in [1.807, 2.05) is 0 Å². The van der Waals surface area contributed by atoms with Crippen molar-refractivity contribution in [2.45, 2.75) is 161 Å². The summed E-state index contributed by atoms with van der Waals surface area (Å²) in [4.78, 5) is 17.2. The number of pyridine rings is 3.